The highest BCUT2D eigenvalue weighted by Gasteiger charge is 2.31. The van der Waals surface area contributed by atoms with Crippen LogP contribution in [0.3, 0.4) is 0 Å². The third-order valence-corrected chi connectivity index (χ3v) is 5.41. The van der Waals surface area contributed by atoms with Gasteiger partial charge in [0.15, 0.2) is 5.13 Å². The van der Waals surface area contributed by atoms with Crippen molar-refractivity contribution in [3.8, 4) is 5.75 Å². The number of nitrogens with one attached hydrogen (secondary N) is 2. The molecule has 1 unspecified atom stereocenters. The largest absolute Gasteiger partial charge is 0.494 e. The molecule has 0 radical (unpaired) electrons. The predicted molar refractivity (Wildman–Crippen MR) is 110 cm³/mol. The van der Waals surface area contributed by atoms with Gasteiger partial charge in [0.05, 0.1) is 22.9 Å². The molecule has 9 heteroatoms. The van der Waals surface area contributed by atoms with Crippen molar-refractivity contribution in [2.75, 3.05) is 23.4 Å². The number of aromatic nitrogens is 1. The van der Waals surface area contributed by atoms with Crippen LogP contribution < -0.4 is 20.3 Å². The predicted octanol–water partition coefficient (Wildman–Crippen LogP) is 3.76. The molecule has 4 rings (SSSR count). The molecule has 1 aliphatic heterocycles. The Bertz CT molecular complexity index is 1070. The van der Waals surface area contributed by atoms with Gasteiger partial charge in [-0.1, -0.05) is 17.4 Å². The fraction of sp³-hybridized carbons (Fsp3) is 0.250. The van der Waals surface area contributed by atoms with Crippen LogP contribution in [-0.4, -0.2) is 36.1 Å². The lowest BCUT2D eigenvalue weighted by Crippen LogP contribution is -2.39. The van der Waals surface area contributed by atoms with E-state index in [0.717, 1.165) is 16.0 Å². The number of benzene rings is 2. The van der Waals surface area contributed by atoms with Crippen molar-refractivity contribution >= 4 is 44.3 Å². The normalized spacial score (nSPS) is 16.3. The van der Waals surface area contributed by atoms with Gasteiger partial charge in [-0.15, -0.1) is 0 Å². The molecule has 1 atom stereocenters. The zero-order valence-corrected chi connectivity index (χ0v) is 16.5. The van der Waals surface area contributed by atoms with Gasteiger partial charge in [-0.05, 0) is 43.3 Å². The Labute approximate surface area is 170 Å². The first-order valence-corrected chi connectivity index (χ1v) is 10.0. The summed E-state index contributed by atoms with van der Waals surface area (Å²) in [5.74, 6) is 0.179. The van der Waals surface area contributed by atoms with Crippen LogP contribution in [0.15, 0.2) is 42.5 Å². The van der Waals surface area contributed by atoms with Crippen LogP contribution in [0.5, 0.6) is 5.75 Å². The lowest BCUT2D eigenvalue weighted by molar-refractivity contribution is -0.117. The number of fused-ring (bicyclic) bond motifs is 1. The summed E-state index contributed by atoms with van der Waals surface area (Å²) in [6, 6.07) is 10.6. The number of anilines is 2. The molecule has 7 nitrogen and oxygen atoms in total. The summed E-state index contributed by atoms with van der Waals surface area (Å²) in [5.41, 5.74) is 1.25. The van der Waals surface area contributed by atoms with Crippen LogP contribution >= 0.6 is 11.3 Å². The minimum atomic E-state index is -0.437. The van der Waals surface area contributed by atoms with Gasteiger partial charge in [0.1, 0.15) is 11.6 Å². The molecule has 1 saturated heterocycles. The average molecular weight is 414 g/mol. The second-order valence-corrected chi connectivity index (χ2v) is 7.60. The molecular formula is C20H19FN4O3S. The number of rotatable bonds is 5. The van der Waals surface area contributed by atoms with Crippen molar-refractivity contribution < 1.29 is 18.7 Å². The van der Waals surface area contributed by atoms with Crippen LogP contribution in [0.25, 0.3) is 10.2 Å². The number of thiazole rings is 1. The summed E-state index contributed by atoms with van der Waals surface area (Å²) >= 11 is 1.34. The molecule has 0 spiro atoms. The van der Waals surface area contributed by atoms with E-state index in [-0.39, 0.29) is 24.9 Å². The van der Waals surface area contributed by atoms with Crippen molar-refractivity contribution in [2.24, 2.45) is 0 Å². The molecule has 0 aliphatic carbocycles. The Kier molecular flexibility index (Phi) is 5.30. The van der Waals surface area contributed by atoms with E-state index in [0.29, 0.717) is 17.4 Å². The Morgan fingerprint density at radius 1 is 1.34 bits per heavy atom. The Hall–Kier alpha value is -3.20. The molecule has 150 valence electrons. The molecule has 3 amide bonds. The molecule has 3 aromatic rings. The maximum absolute atomic E-state index is 13.4. The number of carbonyl (C=O) groups is 2. The molecular weight excluding hydrogens is 395 g/mol. The number of urea groups is 1. The first-order chi connectivity index (χ1) is 14.0. The van der Waals surface area contributed by atoms with Gasteiger partial charge >= 0.3 is 6.03 Å². The minimum absolute atomic E-state index is 0.154. The van der Waals surface area contributed by atoms with Gasteiger partial charge in [0, 0.05) is 18.7 Å². The standard InChI is InChI=1S/C20H19FN4O3S/c1-2-28-15-6-7-16-17(10-15)29-20(23-16)24-19(27)22-13-9-18(26)25(11-13)14-5-3-4-12(21)8-14/h3-8,10,13H,2,9,11H2,1H3,(H2,22,23,24,27). The lowest BCUT2D eigenvalue weighted by atomic mass is 10.2. The lowest BCUT2D eigenvalue weighted by Gasteiger charge is -2.17. The van der Waals surface area contributed by atoms with E-state index in [1.807, 2.05) is 25.1 Å². The number of amides is 3. The second kappa shape index (κ2) is 8.04. The monoisotopic (exact) mass is 414 g/mol. The van der Waals surface area contributed by atoms with Gasteiger partial charge in [0.2, 0.25) is 5.91 Å². The number of halogens is 1. The van der Waals surface area contributed by atoms with E-state index < -0.39 is 11.8 Å². The Balaban J connectivity index is 1.38. The number of carbonyl (C=O) groups excluding carboxylic acids is 2. The first kappa shape index (κ1) is 19.1. The van der Waals surface area contributed by atoms with E-state index in [1.54, 1.807) is 12.1 Å². The topological polar surface area (TPSA) is 83.6 Å². The molecule has 2 N–H and O–H groups in total. The zero-order valence-electron chi connectivity index (χ0n) is 15.6. The number of nitrogens with zero attached hydrogens (tertiary/aromatic N) is 2. The highest BCUT2D eigenvalue weighted by atomic mass is 32.1. The van der Waals surface area contributed by atoms with Crippen LogP contribution in [-0.2, 0) is 4.79 Å². The summed E-state index contributed by atoms with van der Waals surface area (Å²) < 4.78 is 19.8. The van der Waals surface area contributed by atoms with E-state index in [1.165, 1.54) is 28.4 Å². The molecule has 2 heterocycles. The van der Waals surface area contributed by atoms with E-state index in [9.17, 15) is 14.0 Å². The quantitative estimate of drug-likeness (QED) is 0.666. The van der Waals surface area contributed by atoms with Crippen molar-refractivity contribution in [2.45, 2.75) is 19.4 Å². The number of hydrogen-bond donors (Lipinski definition) is 2. The van der Waals surface area contributed by atoms with Gasteiger partial charge < -0.3 is 15.0 Å². The molecule has 29 heavy (non-hydrogen) atoms. The highest BCUT2D eigenvalue weighted by molar-refractivity contribution is 7.22. The molecule has 0 bridgehead atoms. The van der Waals surface area contributed by atoms with Crippen molar-refractivity contribution in [1.29, 1.82) is 0 Å². The SMILES string of the molecule is CCOc1ccc2nc(NC(=O)NC3CC(=O)N(c4cccc(F)c4)C3)sc2c1. The Morgan fingerprint density at radius 2 is 2.21 bits per heavy atom. The van der Waals surface area contributed by atoms with Crippen LogP contribution in [0.4, 0.5) is 20.0 Å². The van der Waals surface area contributed by atoms with Crippen LogP contribution in [0, 0.1) is 5.82 Å². The summed E-state index contributed by atoms with van der Waals surface area (Å²) in [6.07, 6.45) is 0.154. The smallest absolute Gasteiger partial charge is 0.321 e. The molecule has 1 aliphatic rings. The zero-order chi connectivity index (χ0) is 20.4. The number of ether oxygens (including phenoxy) is 1. The summed E-state index contributed by atoms with van der Waals surface area (Å²) in [5, 5.41) is 5.95. The van der Waals surface area contributed by atoms with Gasteiger partial charge in [0.25, 0.3) is 0 Å². The van der Waals surface area contributed by atoms with Crippen molar-refractivity contribution in [3.05, 3.63) is 48.3 Å². The van der Waals surface area contributed by atoms with Gasteiger partial charge in [-0.2, -0.15) is 0 Å². The fourth-order valence-corrected chi connectivity index (χ4v) is 4.12. The number of hydrogen-bond acceptors (Lipinski definition) is 5. The van der Waals surface area contributed by atoms with E-state index in [2.05, 4.69) is 15.6 Å². The van der Waals surface area contributed by atoms with Crippen molar-refractivity contribution in [3.63, 3.8) is 0 Å². The molecule has 1 aromatic heterocycles. The summed E-state index contributed by atoms with van der Waals surface area (Å²) in [7, 11) is 0. The van der Waals surface area contributed by atoms with Crippen molar-refractivity contribution in [1.82, 2.24) is 10.3 Å². The molecule has 0 saturated carbocycles. The third-order valence-electron chi connectivity index (χ3n) is 4.47. The van der Waals surface area contributed by atoms with E-state index >= 15 is 0 Å². The van der Waals surface area contributed by atoms with E-state index in [4.69, 9.17) is 4.74 Å². The van der Waals surface area contributed by atoms with Gasteiger partial charge in [-0.25, -0.2) is 14.2 Å². The second-order valence-electron chi connectivity index (χ2n) is 6.57. The molecule has 1 fully saturated rings. The van der Waals surface area contributed by atoms with Crippen LogP contribution in [0.1, 0.15) is 13.3 Å². The maximum Gasteiger partial charge on any atom is 0.321 e. The summed E-state index contributed by atoms with van der Waals surface area (Å²) in [4.78, 5) is 30.5. The average Bonchev–Trinajstić information content (AvgIpc) is 3.24. The maximum atomic E-state index is 13.4. The summed E-state index contributed by atoms with van der Waals surface area (Å²) in [6.45, 7) is 2.77. The first-order valence-electron chi connectivity index (χ1n) is 9.18. The minimum Gasteiger partial charge on any atom is -0.494 e. The fourth-order valence-electron chi connectivity index (χ4n) is 3.23. The van der Waals surface area contributed by atoms with Gasteiger partial charge in [-0.3, -0.25) is 10.1 Å². The highest BCUT2D eigenvalue weighted by Crippen LogP contribution is 2.29. The van der Waals surface area contributed by atoms with Crippen LogP contribution in [0.2, 0.25) is 0 Å². The Morgan fingerprint density at radius 3 is 3.00 bits per heavy atom. The third kappa shape index (κ3) is 4.29. The molecule has 2 aromatic carbocycles.